The molecule has 3 N–H and O–H groups in total. The first-order valence-corrected chi connectivity index (χ1v) is 6.25. The number of carboxylic acid groups (broad SMARTS) is 1. The maximum atomic E-state index is 11.7. The number of carbonyl (C=O) groups is 3. The molecular weight excluding hydrogens is 236 g/mol. The van der Waals surface area contributed by atoms with Crippen molar-refractivity contribution < 1.29 is 19.5 Å². The Kier molecular flexibility index (Phi) is 8.61. The van der Waals surface area contributed by atoms with Gasteiger partial charge in [-0.25, -0.2) is 0 Å². The zero-order valence-electron chi connectivity index (χ0n) is 10.9. The van der Waals surface area contributed by atoms with Crippen LogP contribution in [-0.4, -0.2) is 40.9 Å². The first-order chi connectivity index (χ1) is 8.47. The third kappa shape index (κ3) is 8.55. The lowest BCUT2D eigenvalue weighted by Gasteiger charge is -2.18. The molecule has 104 valence electrons. The Morgan fingerprint density at radius 1 is 1.06 bits per heavy atom. The lowest BCUT2D eigenvalue weighted by molar-refractivity contribution is -0.145. The number of primary amides is 1. The van der Waals surface area contributed by atoms with Gasteiger partial charge < -0.3 is 15.7 Å². The first kappa shape index (κ1) is 16.4. The monoisotopic (exact) mass is 258 g/mol. The number of nitrogens with zero attached hydrogens (tertiary/aromatic N) is 1. The third-order valence-electron chi connectivity index (χ3n) is 2.52. The average molecular weight is 258 g/mol. The van der Waals surface area contributed by atoms with Gasteiger partial charge in [-0.2, -0.15) is 0 Å². The van der Waals surface area contributed by atoms with E-state index >= 15 is 0 Å². The molecule has 0 heterocycles. The maximum absolute atomic E-state index is 11.7. The smallest absolute Gasteiger partial charge is 0.323 e. The summed E-state index contributed by atoms with van der Waals surface area (Å²) in [6.45, 7) is 1.30. The summed E-state index contributed by atoms with van der Waals surface area (Å²) in [6.07, 6.45) is 5.25. The van der Waals surface area contributed by atoms with Crippen LogP contribution < -0.4 is 5.73 Å². The molecular formula is C12H22N2O4. The van der Waals surface area contributed by atoms with Crippen molar-refractivity contribution in [2.75, 3.05) is 13.1 Å². The van der Waals surface area contributed by atoms with Crippen LogP contribution in [0.5, 0.6) is 0 Å². The van der Waals surface area contributed by atoms with Crippen LogP contribution in [-0.2, 0) is 14.4 Å². The van der Waals surface area contributed by atoms with Crippen molar-refractivity contribution >= 4 is 17.8 Å². The minimum Gasteiger partial charge on any atom is -0.480 e. The molecule has 0 radical (unpaired) electrons. The van der Waals surface area contributed by atoms with E-state index in [-0.39, 0.29) is 18.9 Å². The third-order valence-corrected chi connectivity index (χ3v) is 2.52. The van der Waals surface area contributed by atoms with E-state index in [1.54, 1.807) is 0 Å². The Morgan fingerprint density at radius 2 is 1.67 bits per heavy atom. The minimum absolute atomic E-state index is 0.268. The molecule has 0 aliphatic heterocycles. The van der Waals surface area contributed by atoms with Crippen LogP contribution in [0.3, 0.4) is 0 Å². The highest BCUT2D eigenvalue weighted by Crippen LogP contribution is 2.07. The summed E-state index contributed by atoms with van der Waals surface area (Å²) in [5.41, 5.74) is 4.98. The van der Waals surface area contributed by atoms with Crippen molar-refractivity contribution in [3.8, 4) is 0 Å². The number of carboxylic acids is 1. The van der Waals surface area contributed by atoms with E-state index in [0.717, 1.165) is 30.6 Å². The lowest BCUT2D eigenvalue weighted by Crippen LogP contribution is -2.41. The Labute approximate surface area is 107 Å². The zero-order chi connectivity index (χ0) is 14.0. The maximum Gasteiger partial charge on any atom is 0.323 e. The van der Waals surface area contributed by atoms with Gasteiger partial charge in [0.1, 0.15) is 6.54 Å². The van der Waals surface area contributed by atoms with Gasteiger partial charge in [-0.1, -0.05) is 32.6 Å². The predicted octanol–water partition coefficient (Wildman–Crippen LogP) is 0.745. The van der Waals surface area contributed by atoms with Gasteiger partial charge in [0.15, 0.2) is 0 Å². The number of hydrogen-bond donors (Lipinski definition) is 2. The second-order valence-electron chi connectivity index (χ2n) is 4.27. The molecule has 0 aromatic heterocycles. The molecule has 0 saturated heterocycles. The summed E-state index contributed by atoms with van der Waals surface area (Å²) in [5, 5.41) is 8.64. The normalized spacial score (nSPS) is 10.1. The molecule has 0 saturated carbocycles. The van der Waals surface area contributed by atoms with Crippen LogP contribution in [0.15, 0.2) is 0 Å². The highest BCUT2D eigenvalue weighted by molar-refractivity contribution is 5.86. The van der Waals surface area contributed by atoms with Crippen molar-refractivity contribution in [1.29, 1.82) is 0 Å². The SMILES string of the molecule is CCCCCCCC(=O)N(CC(N)=O)CC(=O)O. The van der Waals surface area contributed by atoms with Gasteiger partial charge in [-0.05, 0) is 6.42 Å². The van der Waals surface area contributed by atoms with Crippen LogP contribution >= 0.6 is 0 Å². The number of unbranched alkanes of at least 4 members (excludes halogenated alkanes) is 4. The summed E-state index contributed by atoms with van der Waals surface area (Å²) < 4.78 is 0. The van der Waals surface area contributed by atoms with E-state index in [4.69, 9.17) is 10.8 Å². The number of carbonyl (C=O) groups excluding carboxylic acids is 2. The Morgan fingerprint density at radius 3 is 2.17 bits per heavy atom. The molecule has 6 heteroatoms. The van der Waals surface area contributed by atoms with Gasteiger partial charge in [0.2, 0.25) is 11.8 Å². The Hall–Kier alpha value is -1.59. The number of rotatable bonds is 10. The lowest BCUT2D eigenvalue weighted by atomic mass is 10.1. The van der Waals surface area contributed by atoms with E-state index in [9.17, 15) is 14.4 Å². The molecule has 0 spiro atoms. The van der Waals surface area contributed by atoms with Crippen LogP contribution in [0.4, 0.5) is 0 Å². The fourth-order valence-corrected chi connectivity index (χ4v) is 1.62. The summed E-state index contributed by atoms with van der Waals surface area (Å²) in [6, 6.07) is 0. The number of nitrogens with two attached hydrogens (primary N) is 1. The van der Waals surface area contributed by atoms with Crippen LogP contribution in [0.1, 0.15) is 45.4 Å². The highest BCUT2D eigenvalue weighted by atomic mass is 16.4. The fraction of sp³-hybridized carbons (Fsp3) is 0.750. The molecule has 0 aromatic carbocycles. The molecule has 0 aliphatic rings. The molecule has 6 nitrogen and oxygen atoms in total. The topological polar surface area (TPSA) is 101 Å². The molecule has 0 aliphatic carbocycles. The summed E-state index contributed by atoms with van der Waals surface area (Å²) in [4.78, 5) is 34.0. The van der Waals surface area contributed by atoms with E-state index in [1.165, 1.54) is 0 Å². The molecule has 0 aromatic rings. The van der Waals surface area contributed by atoms with E-state index < -0.39 is 18.4 Å². The van der Waals surface area contributed by atoms with E-state index in [2.05, 4.69) is 6.92 Å². The van der Waals surface area contributed by atoms with Crippen LogP contribution in [0.25, 0.3) is 0 Å². The van der Waals surface area contributed by atoms with E-state index in [0.29, 0.717) is 6.42 Å². The minimum atomic E-state index is -1.14. The van der Waals surface area contributed by atoms with Crippen molar-refractivity contribution in [3.05, 3.63) is 0 Å². The number of amides is 2. The van der Waals surface area contributed by atoms with Gasteiger partial charge in [-0.3, -0.25) is 14.4 Å². The average Bonchev–Trinajstić information content (AvgIpc) is 2.26. The first-order valence-electron chi connectivity index (χ1n) is 6.25. The molecule has 18 heavy (non-hydrogen) atoms. The molecule has 0 bridgehead atoms. The zero-order valence-corrected chi connectivity index (χ0v) is 10.9. The van der Waals surface area contributed by atoms with Crippen molar-refractivity contribution in [1.82, 2.24) is 4.90 Å². The molecule has 0 fully saturated rings. The van der Waals surface area contributed by atoms with Gasteiger partial charge in [0, 0.05) is 6.42 Å². The fourth-order valence-electron chi connectivity index (χ4n) is 1.62. The highest BCUT2D eigenvalue weighted by Gasteiger charge is 2.17. The number of aliphatic carboxylic acids is 1. The van der Waals surface area contributed by atoms with Crippen molar-refractivity contribution in [2.45, 2.75) is 45.4 Å². The van der Waals surface area contributed by atoms with Gasteiger partial charge in [0.25, 0.3) is 0 Å². The standard InChI is InChI=1S/C12H22N2O4/c1-2-3-4-5-6-7-11(16)14(8-10(13)15)9-12(17)18/h2-9H2,1H3,(H2,13,15)(H,17,18). The Balaban J connectivity index is 4.04. The van der Waals surface area contributed by atoms with Crippen LogP contribution in [0.2, 0.25) is 0 Å². The second kappa shape index (κ2) is 9.44. The van der Waals surface area contributed by atoms with Gasteiger partial charge in [0.05, 0.1) is 6.54 Å². The van der Waals surface area contributed by atoms with Gasteiger partial charge >= 0.3 is 5.97 Å². The largest absolute Gasteiger partial charge is 0.480 e. The summed E-state index contributed by atoms with van der Waals surface area (Å²) in [7, 11) is 0. The number of hydrogen-bond acceptors (Lipinski definition) is 3. The summed E-state index contributed by atoms with van der Waals surface area (Å²) >= 11 is 0. The molecule has 0 unspecified atom stereocenters. The predicted molar refractivity (Wildman–Crippen MR) is 66.8 cm³/mol. The second-order valence-corrected chi connectivity index (χ2v) is 4.27. The van der Waals surface area contributed by atoms with Gasteiger partial charge in [-0.15, -0.1) is 0 Å². The molecule has 0 atom stereocenters. The Bertz CT molecular complexity index is 276. The molecule has 2 amide bonds. The summed E-state index contributed by atoms with van der Waals surface area (Å²) in [5.74, 6) is -2.17. The quantitative estimate of drug-likeness (QED) is 0.564. The van der Waals surface area contributed by atoms with Crippen molar-refractivity contribution in [2.24, 2.45) is 5.73 Å². The molecule has 0 rings (SSSR count). The van der Waals surface area contributed by atoms with E-state index in [1.807, 2.05) is 0 Å². The van der Waals surface area contributed by atoms with Crippen molar-refractivity contribution in [3.63, 3.8) is 0 Å². The van der Waals surface area contributed by atoms with Crippen LogP contribution in [0, 0.1) is 0 Å².